The molecular weight excluding hydrogens is 438 g/mol. The summed E-state index contributed by atoms with van der Waals surface area (Å²) in [5.41, 5.74) is 5.21. The van der Waals surface area contributed by atoms with Crippen molar-refractivity contribution in [3.63, 3.8) is 0 Å². The van der Waals surface area contributed by atoms with Gasteiger partial charge in [0.25, 0.3) is 0 Å². The van der Waals surface area contributed by atoms with E-state index < -0.39 is 0 Å². The number of hydroxylamine groups is 1. The van der Waals surface area contributed by atoms with E-state index in [1.807, 2.05) is 60.7 Å². The maximum Gasteiger partial charge on any atom is 0.249 e. The lowest BCUT2D eigenvalue weighted by Crippen LogP contribution is -3.14. The number of benzene rings is 4. The zero-order chi connectivity index (χ0) is 24.1. The third-order valence-corrected chi connectivity index (χ3v) is 6.55. The predicted octanol–water partition coefficient (Wildman–Crippen LogP) is 4.36. The van der Waals surface area contributed by atoms with E-state index in [0.29, 0.717) is 44.8 Å². The number of fused-ring (bicyclic) bond motifs is 2. The van der Waals surface area contributed by atoms with E-state index in [1.54, 1.807) is 43.4 Å². The van der Waals surface area contributed by atoms with Crippen molar-refractivity contribution in [2.75, 3.05) is 17.4 Å². The zero-order valence-corrected chi connectivity index (χ0v) is 18.9. The van der Waals surface area contributed by atoms with Gasteiger partial charge in [-0.3, -0.25) is 9.59 Å². The van der Waals surface area contributed by atoms with Crippen molar-refractivity contribution in [2.45, 2.75) is 0 Å². The second-order valence-corrected chi connectivity index (χ2v) is 8.56. The molecule has 1 heterocycles. The van der Waals surface area contributed by atoms with Crippen LogP contribution in [0.5, 0.6) is 0 Å². The Hall–Kier alpha value is -4.52. The summed E-state index contributed by atoms with van der Waals surface area (Å²) in [5.74, 6) is -0.506. The third-order valence-electron chi connectivity index (χ3n) is 6.55. The van der Waals surface area contributed by atoms with Crippen LogP contribution in [0.2, 0.25) is 0 Å². The van der Waals surface area contributed by atoms with Crippen LogP contribution in [0.1, 0.15) is 37.4 Å². The van der Waals surface area contributed by atoms with Gasteiger partial charge in [0, 0.05) is 22.4 Å². The van der Waals surface area contributed by atoms with Gasteiger partial charge in [-0.25, -0.2) is 10.2 Å². The van der Waals surface area contributed by atoms with Crippen molar-refractivity contribution >= 4 is 34.2 Å². The van der Waals surface area contributed by atoms with Crippen molar-refractivity contribution in [1.82, 2.24) is 0 Å². The topological polar surface area (TPSA) is 76.9 Å². The number of hydrogen-bond acceptors (Lipinski definition) is 5. The van der Waals surface area contributed by atoms with E-state index >= 15 is 0 Å². The Kier molecular flexibility index (Phi) is 4.84. The molecule has 0 radical (unpaired) electrons. The normalized spacial score (nSPS) is 16.0. The number of hydrogen-bond donors (Lipinski definition) is 2. The number of rotatable bonds is 4. The fourth-order valence-corrected chi connectivity index (χ4v) is 4.90. The Balaban J connectivity index is 1.67. The zero-order valence-electron chi connectivity index (χ0n) is 18.9. The Morgan fingerprint density at radius 1 is 0.800 bits per heavy atom. The SMILES string of the molecule is CN1c2ccc(Nc3ccccc3)c3c2C(=C(C(=O)c2ccccc2)[NH+]1[O-])c1ccccc1C3=O. The first-order valence-electron chi connectivity index (χ1n) is 11.3. The minimum atomic E-state index is -0.389. The first-order valence-corrected chi connectivity index (χ1v) is 11.3. The molecule has 1 atom stereocenters. The molecule has 2 N–H and O–H groups in total. The second-order valence-electron chi connectivity index (χ2n) is 8.56. The molecular formula is C29H21N3O3. The van der Waals surface area contributed by atoms with Crippen LogP contribution >= 0.6 is 0 Å². The standard InChI is InChI=1S/C29H21N3O3/c1-31-23-17-16-22(30-19-12-6-3-7-13-19)25-26(23)24(20-14-8-9-15-21(20)29(25)34)27(32(31)35)28(33)18-10-4-2-5-11-18/h2-17,30,32H,1H3. The minimum absolute atomic E-state index is 0.0734. The summed E-state index contributed by atoms with van der Waals surface area (Å²) in [6, 6.07) is 29.2. The number of ketones is 2. The Labute approximate surface area is 202 Å². The van der Waals surface area contributed by atoms with Crippen molar-refractivity contribution in [3.8, 4) is 0 Å². The molecule has 0 spiro atoms. The van der Waals surface area contributed by atoms with Crippen molar-refractivity contribution < 1.29 is 14.8 Å². The van der Waals surface area contributed by atoms with Crippen LogP contribution in [0.4, 0.5) is 17.1 Å². The third kappa shape index (κ3) is 3.19. The van der Waals surface area contributed by atoms with Gasteiger partial charge in [-0.2, -0.15) is 0 Å². The number of quaternary nitrogens is 1. The quantitative estimate of drug-likeness (QED) is 0.308. The highest BCUT2D eigenvalue weighted by molar-refractivity contribution is 6.26. The summed E-state index contributed by atoms with van der Waals surface area (Å²) in [5, 5.41) is 18.1. The van der Waals surface area contributed by atoms with Gasteiger partial charge in [-0.15, -0.1) is 0 Å². The van der Waals surface area contributed by atoms with Crippen LogP contribution in [0.15, 0.2) is 103 Å². The molecule has 0 amide bonds. The molecule has 1 unspecified atom stereocenters. The molecule has 0 fully saturated rings. The van der Waals surface area contributed by atoms with Crippen LogP contribution in [0.25, 0.3) is 5.57 Å². The van der Waals surface area contributed by atoms with Crippen LogP contribution in [-0.4, -0.2) is 18.6 Å². The lowest BCUT2D eigenvalue weighted by atomic mass is 9.77. The maximum absolute atomic E-state index is 13.8. The van der Waals surface area contributed by atoms with Gasteiger partial charge in [0.15, 0.2) is 5.78 Å². The highest BCUT2D eigenvalue weighted by atomic mass is 16.6. The second kappa shape index (κ2) is 8.06. The number of carbonyl (C=O) groups is 2. The van der Waals surface area contributed by atoms with Gasteiger partial charge in [-0.05, 0) is 29.8 Å². The molecule has 4 aromatic rings. The highest BCUT2D eigenvalue weighted by Gasteiger charge is 2.42. The lowest BCUT2D eigenvalue weighted by Gasteiger charge is -2.41. The highest BCUT2D eigenvalue weighted by Crippen LogP contribution is 2.46. The van der Waals surface area contributed by atoms with Gasteiger partial charge in [0.05, 0.1) is 29.6 Å². The maximum atomic E-state index is 13.8. The predicted molar refractivity (Wildman–Crippen MR) is 136 cm³/mol. The summed E-state index contributed by atoms with van der Waals surface area (Å²) in [6.07, 6.45) is 0. The molecule has 1 aliphatic heterocycles. The number of carbonyl (C=O) groups excluding carboxylic acids is 2. The number of anilines is 3. The molecule has 6 heteroatoms. The summed E-state index contributed by atoms with van der Waals surface area (Å²) < 4.78 is 0. The first kappa shape index (κ1) is 21.0. The number of para-hydroxylation sites is 1. The Bertz CT molecular complexity index is 1530. The van der Waals surface area contributed by atoms with E-state index in [9.17, 15) is 14.8 Å². The molecule has 0 saturated heterocycles. The van der Waals surface area contributed by atoms with Crippen LogP contribution in [0.3, 0.4) is 0 Å². The lowest BCUT2D eigenvalue weighted by molar-refractivity contribution is -0.809. The summed E-state index contributed by atoms with van der Waals surface area (Å²) in [7, 11) is 1.64. The van der Waals surface area contributed by atoms with Crippen LogP contribution < -0.4 is 15.5 Å². The van der Waals surface area contributed by atoms with Gasteiger partial charge in [0.2, 0.25) is 11.5 Å². The molecule has 170 valence electrons. The Morgan fingerprint density at radius 3 is 2.14 bits per heavy atom. The van der Waals surface area contributed by atoms with E-state index in [2.05, 4.69) is 5.32 Å². The molecule has 0 aromatic heterocycles. The average Bonchev–Trinajstić information content (AvgIpc) is 2.90. The fourth-order valence-electron chi connectivity index (χ4n) is 4.90. The minimum Gasteiger partial charge on any atom is -0.602 e. The molecule has 6 rings (SSSR count). The van der Waals surface area contributed by atoms with Crippen molar-refractivity contribution in [3.05, 3.63) is 136 Å². The largest absolute Gasteiger partial charge is 0.602 e. The molecule has 4 aromatic carbocycles. The average molecular weight is 460 g/mol. The van der Waals surface area contributed by atoms with E-state index in [4.69, 9.17) is 0 Å². The van der Waals surface area contributed by atoms with Gasteiger partial charge >= 0.3 is 0 Å². The Morgan fingerprint density at radius 2 is 1.43 bits per heavy atom. The van der Waals surface area contributed by atoms with E-state index in [1.165, 1.54) is 5.01 Å². The van der Waals surface area contributed by atoms with Gasteiger partial charge in [-0.1, -0.05) is 72.8 Å². The fraction of sp³-hybridized carbons (Fsp3) is 0.0345. The van der Waals surface area contributed by atoms with Crippen LogP contribution in [-0.2, 0) is 0 Å². The van der Waals surface area contributed by atoms with Crippen molar-refractivity contribution in [1.29, 1.82) is 0 Å². The smallest absolute Gasteiger partial charge is 0.249 e. The van der Waals surface area contributed by atoms with E-state index in [-0.39, 0.29) is 22.4 Å². The molecule has 35 heavy (non-hydrogen) atoms. The van der Waals surface area contributed by atoms with E-state index in [0.717, 1.165) is 5.69 Å². The molecule has 1 aliphatic carbocycles. The number of nitrogens with one attached hydrogen (secondary N) is 2. The summed E-state index contributed by atoms with van der Waals surface area (Å²) in [6.45, 7) is 0. The molecule has 0 bridgehead atoms. The van der Waals surface area contributed by atoms with Gasteiger partial charge < -0.3 is 10.5 Å². The number of nitrogens with zero attached hydrogens (tertiary/aromatic N) is 1. The summed E-state index contributed by atoms with van der Waals surface area (Å²) >= 11 is 0. The van der Waals surface area contributed by atoms with Crippen molar-refractivity contribution in [2.24, 2.45) is 0 Å². The van der Waals surface area contributed by atoms with Gasteiger partial charge in [0.1, 0.15) is 0 Å². The van der Waals surface area contributed by atoms with Crippen LogP contribution in [0, 0.1) is 5.21 Å². The monoisotopic (exact) mass is 459 g/mol. The number of allylic oxidation sites excluding steroid dienone is 1. The molecule has 6 nitrogen and oxygen atoms in total. The number of Topliss-reactive ketones (excluding diaryl/α,β-unsaturated/α-hetero) is 1. The molecule has 0 saturated carbocycles. The summed E-state index contributed by atoms with van der Waals surface area (Å²) in [4.78, 5) is 27.6. The molecule has 2 aliphatic rings. The first-order chi connectivity index (χ1) is 17.1.